The number of rotatable bonds is 17. The van der Waals surface area contributed by atoms with E-state index in [4.69, 9.17) is 4.52 Å². The maximum Gasteiger partial charge on any atom is 0.229 e. The van der Waals surface area contributed by atoms with Gasteiger partial charge in [0.05, 0.1) is 18.8 Å². The average Bonchev–Trinajstić information content (AvgIpc) is 2.97. The van der Waals surface area contributed by atoms with Crippen molar-refractivity contribution in [2.24, 2.45) is 0 Å². The number of benzene rings is 2. The van der Waals surface area contributed by atoms with Crippen LogP contribution in [0.4, 0.5) is 5.69 Å². The highest BCUT2D eigenvalue weighted by molar-refractivity contribution is 7.52. The second-order valence-corrected chi connectivity index (χ2v) is 13.3. The summed E-state index contributed by atoms with van der Waals surface area (Å²) in [5.41, 5.74) is 2.93. The molecule has 0 saturated carbocycles. The highest BCUT2D eigenvalue weighted by Gasteiger charge is 2.21. The van der Waals surface area contributed by atoms with Gasteiger partial charge in [-0.15, -0.1) is 0 Å². The minimum Gasteiger partial charge on any atom is -0.778 e. The van der Waals surface area contributed by atoms with E-state index in [9.17, 15) is 23.8 Å². The summed E-state index contributed by atoms with van der Waals surface area (Å²) in [7, 11) is -3.75. The van der Waals surface area contributed by atoms with Crippen LogP contribution in [-0.2, 0) is 30.0 Å². The lowest BCUT2D eigenvalue weighted by Gasteiger charge is -2.26. The number of amides is 3. The monoisotopic (exact) mass is 608 g/mol. The lowest BCUT2D eigenvalue weighted by molar-refractivity contribution is -0.200. The number of carbonyl (C=O) groups excluding carboxylic acids is 3. The molecule has 10 heteroatoms. The van der Waals surface area contributed by atoms with Crippen molar-refractivity contribution in [3.05, 3.63) is 65.2 Å². The van der Waals surface area contributed by atoms with Crippen LogP contribution in [0.1, 0.15) is 88.3 Å². The quantitative estimate of drug-likeness (QED) is 0.153. The van der Waals surface area contributed by atoms with Crippen LogP contribution in [0.2, 0.25) is 0 Å². The molecule has 2 N–H and O–H groups in total. The summed E-state index contributed by atoms with van der Waals surface area (Å²) < 4.78 is 16.6. The number of para-hydroxylation sites is 1. The van der Waals surface area contributed by atoms with Crippen molar-refractivity contribution in [1.29, 1.82) is 0 Å². The first-order valence-electron chi connectivity index (χ1n) is 15.2. The summed E-state index contributed by atoms with van der Waals surface area (Å²) in [5.74, 6) is 6.13. The van der Waals surface area contributed by atoms with E-state index >= 15 is 0 Å². The predicted molar refractivity (Wildman–Crippen MR) is 166 cm³/mol. The van der Waals surface area contributed by atoms with Crippen LogP contribution in [0, 0.1) is 11.8 Å². The number of fused-ring (bicyclic) bond motifs is 2. The molecule has 1 heterocycles. The smallest absolute Gasteiger partial charge is 0.229 e. The zero-order valence-corrected chi connectivity index (χ0v) is 26.1. The van der Waals surface area contributed by atoms with E-state index in [1.165, 1.54) is 0 Å². The molecule has 0 bridgehead atoms. The molecule has 1 aliphatic heterocycles. The number of anilines is 1. The van der Waals surface area contributed by atoms with Crippen molar-refractivity contribution in [3.8, 4) is 11.8 Å². The number of hydrogen-bond donors (Lipinski definition) is 2. The Morgan fingerprint density at radius 2 is 1.44 bits per heavy atom. The minimum atomic E-state index is -3.75. The Kier molecular flexibility index (Phi) is 14.0. The van der Waals surface area contributed by atoms with Gasteiger partial charge in [-0.2, -0.15) is 0 Å². The van der Waals surface area contributed by atoms with Gasteiger partial charge in [-0.25, -0.2) is 0 Å². The van der Waals surface area contributed by atoms with Gasteiger partial charge < -0.3 is 29.5 Å². The molecule has 2 aromatic rings. The molecule has 3 amide bonds. The molecule has 43 heavy (non-hydrogen) atoms. The SMILES string of the molecule is CC(C)P(=O)([O-])OCCCCCCNC(=O)CCCCC(=O)NCCC(=O)N1Cc2ccccc2C#Cc2ccccc21. The second-order valence-electron chi connectivity index (χ2n) is 10.9. The van der Waals surface area contributed by atoms with Crippen molar-refractivity contribution in [3.63, 3.8) is 0 Å². The third-order valence-corrected chi connectivity index (χ3v) is 9.00. The molecule has 1 atom stereocenters. The Morgan fingerprint density at radius 3 is 2.16 bits per heavy atom. The van der Waals surface area contributed by atoms with Crippen LogP contribution in [-0.4, -0.2) is 43.1 Å². The van der Waals surface area contributed by atoms with Gasteiger partial charge in [-0.05, 0) is 49.4 Å². The summed E-state index contributed by atoms with van der Waals surface area (Å²) in [4.78, 5) is 51.0. The van der Waals surface area contributed by atoms with Gasteiger partial charge in [0.2, 0.25) is 17.7 Å². The average molecular weight is 609 g/mol. The fraction of sp³-hybridized carbons (Fsp3) is 0.485. The molecule has 1 unspecified atom stereocenters. The highest BCUT2D eigenvalue weighted by Crippen LogP contribution is 2.42. The third kappa shape index (κ3) is 11.6. The molecule has 232 valence electrons. The molecule has 0 aromatic heterocycles. The number of hydrogen-bond acceptors (Lipinski definition) is 6. The first-order chi connectivity index (χ1) is 20.7. The van der Waals surface area contributed by atoms with Crippen molar-refractivity contribution >= 4 is 31.0 Å². The van der Waals surface area contributed by atoms with Crippen LogP contribution in [0.25, 0.3) is 0 Å². The lowest BCUT2D eigenvalue weighted by atomic mass is 10.0. The van der Waals surface area contributed by atoms with Gasteiger partial charge in [0, 0.05) is 49.1 Å². The Bertz CT molecular complexity index is 1350. The Morgan fingerprint density at radius 1 is 0.837 bits per heavy atom. The number of nitrogens with one attached hydrogen (secondary N) is 2. The zero-order valence-electron chi connectivity index (χ0n) is 25.2. The first-order valence-corrected chi connectivity index (χ1v) is 16.8. The zero-order chi connectivity index (χ0) is 31.1. The molecule has 0 radical (unpaired) electrons. The normalized spacial score (nSPS) is 13.4. The van der Waals surface area contributed by atoms with Crippen molar-refractivity contribution in [1.82, 2.24) is 10.6 Å². The molecular formula is C33H43N3O6P-. The Balaban J connectivity index is 1.27. The van der Waals surface area contributed by atoms with Gasteiger partial charge in [0.1, 0.15) is 7.60 Å². The topological polar surface area (TPSA) is 128 Å². The summed E-state index contributed by atoms with van der Waals surface area (Å²) in [6, 6.07) is 15.4. The second kappa shape index (κ2) is 17.6. The van der Waals surface area contributed by atoms with E-state index in [0.29, 0.717) is 45.2 Å². The van der Waals surface area contributed by atoms with Crippen molar-refractivity contribution in [2.75, 3.05) is 24.6 Å². The molecule has 1 aliphatic rings. The first kappa shape index (κ1) is 34.1. The van der Waals surface area contributed by atoms with Gasteiger partial charge in [-0.1, -0.05) is 68.9 Å². The van der Waals surface area contributed by atoms with Gasteiger partial charge >= 0.3 is 0 Å². The fourth-order valence-corrected chi connectivity index (χ4v) is 5.23. The fourth-order valence-electron chi connectivity index (χ4n) is 4.55. The Hall–Kier alpha value is -3.44. The van der Waals surface area contributed by atoms with Gasteiger partial charge in [0.25, 0.3) is 0 Å². The van der Waals surface area contributed by atoms with E-state index in [1.807, 2.05) is 48.5 Å². The Labute approximate surface area is 255 Å². The van der Waals surface area contributed by atoms with Crippen LogP contribution in [0.5, 0.6) is 0 Å². The van der Waals surface area contributed by atoms with Crippen LogP contribution >= 0.6 is 7.60 Å². The third-order valence-electron chi connectivity index (χ3n) is 7.19. The van der Waals surface area contributed by atoms with Gasteiger partial charge in [-0.3, -0.25) is 14.4 Å². The van der Waals surface area contributed by atoms with Gasteiger partial charge in [0.15, 0.2) is 0 Å². The molecular weight excluding hydrogens is 565 g/mol. The molecule has 0 fully saturated rings. The van der Waals surface area contributed by atoms with E-state index in [2.05, 4.69) is 22.5 Å². The van der Waals surface area contributed by atoms with E-state index in [1.54, 1.807) is 18.7 Å². The van der Waals surface area contributed by atoms with Crippen LogP contribution in [0.15, 0.2) is 48.5 Å². The molecule has 3 rings (SSSR count). The summed E-state index contributed by atoms with van der Waals surface area (Å²) >= 11 is 0. The van der Waals surface area contributed by atoms with Crippen LogP contribution in [0.3, 0.4) is 0 Å². The van der Waals surface area contributed by atoms with Crippen molar-refractivity contribution < 1.29 is 28.4 Å². The summed E-state index contributed by atoms with van der Waals surface area (Å²) in [6.45, 7) is 4.63. The molecule has 2 aromatic carbocycles. The number of unbranched alkanes of at least 4 members (excludes halogenated alkanes) is 4. The number of nitrogens with zero attached hydrogens (tertiary/aromatic N) is 1. The molecule has 0 aliphatic carbocycles. The predicted octanol–water partition coefficient (Wildman–Crippen LogP) is 4.65. The minimum absolute atomic E-state index is 0.0432. The lowest BCUT2D eigenvalue weighted by Crippen LogP contribution is -2.35. The standard InChI is InChI=1S/C33H44N3O6P/c1-26(2)43(40,41)42-24-12-4-3-11-22-34-31(37)17-9-10-18-32(38)35-23-21-33(39)36-25-29-15-6-5-13-27(29)19-20-28-14-7-8-16-30(28)36/h5-8,13-16,26H,3-4,9-12,17-18,21-25H2,1-2H3,(H,34,37)(H,35,38)(H,40,41)/p-1. The molecule has 0 spiro atoms. The van der Waals surface area contributed by atoms with E-state index < -0.39 is 13.3 Å². The largest absolute Gasteiger partial charge is 0.778 e. The van der Waals surface area contributed by atoms with Crippen LogP contribution < -0.4 is 20.4 Å². The van der Waals surface area contributed by atoms with E-state index in [0.717, 1.165) is 41.6 Å². The molecule has 0 saturated heterocycles. The molecule has 9 nitrogen and oxygen atoms in total. The number of carbonyl (C=O) groups is 3. The van der Waals surface area contributed by atoms with E-state index in [-0.39, 0.29) is 37.3 Å². The maximum absolute atomic E-state index is 13.2. The summed E-state index contributed by atoms with van der Waals surface area (Å²) in [5, 5.41) is 5.72. The van der Waals surface area contributed by atoms with Crippen molar-refractivity contribution in [2.45, 2.75) is 83.8 Å². The maximum atomic E-state index is 13.2. The highest BCUT2D eigenvalue weighted by atomic mass is 31.2. The summed E-state index contributed by atoms with van der Waals surface area (Å²) in [6.07, 6.45) is 5.20.